The number of hydrogen-bond donors (Lipinski definition) is 0. The molecule has 0 aliphatic carbocycles. The largest absolute Gasteiger partial charge is 0.454 e. The van der Waals surface area contributed by atoms with E-state index in [2.05, 4.69) is 4.90 Å². The summed E-state index contributed by atoms with van der Waals surface area (Å²) in [7, 11) is 0. The Morgan fingerprint density at radius 1 is 0.926 bits per heavy atom. The molecule has 27 heavy (non-hydrogen) atoms. The van der Waals surface area contributed by atoms with Gasteiger partial charge in [-0.3, -0.25) is 14.5 Å². The van der Waals surface area contributed by atoms with E-state index in [1.54, 1.807) is 12.2 Å². The van der Waals surface area contributed by atoms with Gasteiger partial charge in [-0.1, -0.05) is 6.07 Å². The molecule has 1 aromatic carbocycles. The number of rotatable bonds is 4. The van der Waals surface area contributed by atoms with Crippen molar-refractivity contribution in [2.75, 3.05) is 52.6 Å². The van der Waals surface area contributed by atoms with Crippen LogP contribution in [0.4, 0.5) is 0 Å². The summed E-state index contributed by atoms with van der Waals surface area (Å²) in [5, 5.41) is 0. The van der Waals surface area contributed by atoms with Crippen molar-refractivity contribution in [2.45, 2.75) is 12.8 Å². The van der Waals surface area contributed by atoms with Gasteiger partial charge in [0, 0.05) is 45.3 Å². The minimum Gasteiger partial charge on any atom is -0.454 e. The molecular weight excluding hydrogens is 346 g/mol. The Kier molecular flexibility index (Phi) is 5.29. The molecule has 4 rings (SSSR count). The zero-order valence-corrected chi connectivity index (χ0v) is 15.4. The van der Waals surface area contributed by atoms with Crippen molar-refractivity contribution >= 4 is 17.9 Å². The van der Waals surface area contributed by atoms with Gasteiger partial charge in [0.05, 0.1) is 6.54 Å². The van der Waals surface area contributed by atoms with Crippen LogP contribution in [0.5, 0.6) is 11.5 Å². The fourth-order valence-corrected chi connectivity index (χ4v) is 3.67. The minimum atomic E-state index is -0.00168. The predicted molar refractivity (Wildman–Crippen MR) is 100 cm³/mol. The quantitative estimate of drug-likeness (QED) is 0.744. The highest BCUT2D eigenvalue weighted by atomic mass is 16.7. The predicted octanol–water partition coefficient (Wildman–Crippen LogP) is 1.20. The van der Waals surface area contributed by atoms with E-state index in [1.807, 2.05) is 28.0 Å². The van der Waals surface area contributed by atoms with Crippen molar-refractivity contribution in [3.63, 3.8) is 0 Å². The van der Waals surface area contributed by atoms with Crippen LogP contribution >= 0.6 is 0 Å². The van der Waals surface area contributed by atoms with Crippen LogP contribution in [0, 0.1) is 0 Å². The van der Waals surface area contributed by atoms with Crippen LogP contribution in [0.3, 0.4) is 0 Å². The van der Waals surface area contributed by atoms with Crippen molar-refractivity contribution in [1.29, 1.82) is 0 Å². The molecule has 0 aromatic heterocycles. The zero-order chi connectivity index (χ0) is 18.6. The fourth-order valence-electron chi connectivity index (χ4n) is 3.67. The van der Waals surface area contributed by atoms with Crippen LogP contribution in [0.2, 0.25) is 0 Å². The maximum Gasteiger partial charge on any atom is 0.246 e. The fraction of sp³-hybridized carbons (Fsp3) is 0.500. The topological polar surface area (TPSA) is 62.3 Å². The highest BCUT2D eigenvalue weighted by Gasteiger charge is 2.24. The van der Waals surface area contributed by atoms with Gasteiger partial charge in [0.2, 0.25) is 18.6 Å². The van der Waals surface area contributed by atoms with E-state index < -0.39 is 0 Å². The molecule has 0 unspecified atom stereocenters. The minimum absolute atomic E-state index is 0.00168. The van der Waals surface area contributed by atoms with Gasteiger partial charge in [0.15, 0.2) is 11.5 Å². The molecule has 0 bridgehead atoms. The Morgan fingerprint density at radius 2 is 1.67 bits per heavy atom. The number of benzene rings is 1. The molecule has 0 N–H and O–H groups in total. The smallest absolute Gasteiger partial charge is 0.246 e. The lowest BCUT2D eigenvalue weighted by atomic mass is 10.2. The second kappa shape index (κ2) is 8.00. The maximum absolute atomic E-state index is 12.4. The molecule has 2 saturated heterocycles. The number of ether oxygens (including phenoxy) is 2. The SMILES string of the molecule is O=C(/C=C\c1ccc2c(c1)OCO2)N1CCN(CC(=O)N2CCCC2)CC1. The second-order valence-corrected chi connectivity index (χ2v) is 7.14. The molecule has 144 valence electrons. The molecule has 3 aliphatic rings. The number of nitrogens with zero attached hydrogens (tertiary/aromatic N) is 3. The summed E-state index contributed by atoms with van der Waals surface area (Å²) in [4.78, 5) is 30.6. The Bertz CT molecular complexity index is 735. The van der Waals surface area contributed by atoms with Crippen LogP contribution in [0.25, 0.3) is 6.08 Å². The molecular formula is C20H25N3O4. The van der Waals surface area contributed by atoms with Crippen molar-refractivity contribution < 1.29 is 19.1 Å². The van der Waals surface area contributed by atoms with Crippen LogP contribution in [0.15, 0.2) is 24.3 Å². The van der Waals surface area contributed by atoms with E-state index >= 15 is 0 Å². The van der Waals surface area contributed by atoms with Gasteiger partial charge in [-0.15, -0.1) is 0 Å². The van der Waals surface area contributed by atoms with Gasteiger partial charge in [-0.2, -0.15) is 0 Å². The van der Waals surface area contributed by atoms with Gasteiger partial charge < -0.3 is 19.3 Å². The average Bonchev–Trinajstić information content (AvgIpc) is 3.38. The first-order valence-electron chi connectivity index (χ1n) is 9.56. The molecule has 7 nitrogen and oxygen atoms in total. The highest BCUT2D eigenvalue weighted by molar-refractivity contribution is 5.92. The lowest BCUT2D eigenvalue weighted by Gasteiger charge is -2.34. The molecule has 3 heterocycles. The van der Waals surface area contributed by atoms with Crippen molar-refractivity contribution in [3.05, 3.63) is 29.8 Å². The first-order valence-corrected chi connectivity index (χ1v) is 9.56. The molecule has 0 saturated carbocycles. The third-order valence-corrected chi connectivity index (χ3v) is 5.32. The molecule has 3 aliphatic heterocycles. The second-order valence-electron chi connectivity index (χ2n) is 7.14. The summed E-state index contributed by atoms with van der Waals surface area (Å²) in [6.45, 7) is 5.27. The van der Waals surface area contributed by atoms with E-state index in [0.29, 0.717) is 25.4 Å². The van der Waals surface area contributed by atoms with Gasteiger partial charge in [-0.05, 0) is 36.6 Å². The van der Waals surface area contributed by atoms with E-state index in [4.69, 9.17) is 9.47 Å². The van der Waals surface area contributed by atoms with Crippen LogP contribution in [-0.4, -0.2) is 79.1 Å². The number of hydrogen-bond acceptors (Lipinski definition) is 5. The van der Waals surface area contributed by atoms with Crippen LogP contribution in [-0.2, 0) is 9.59 Å². The maximum atomic E-state index is 12.4. The number of amides is 2. The molecule has 2 amide bonds. The van der Waals surface area contributed by atoms with Gasteiger partial charge >= 0.3 is 0 Å². The standard InChI is InChI=1S/C20H25N3O4/c24-19(6-4-16-3-5-17-18(13-16)27-15-26-17)23-11-9-21(10-12-23)14-20(25)22-7-1-2-8-22/h3-6,13H,1-2,7-12,14-15H2/b6-4-. The molecule has 0 atom stereocenters. The first kappa shape index (κ1) is 17.9. The molecule has 0 spiro atoms. The first-order chi connectivity index (χ1) is 13.2. The van der Waals surface area contributed by atoms with Crippen LogP contribution < -0.4 is 9.47 Å². The lowest BCUT2D eigenvalue weighted by molar-refractivity contribution is -0.132. The van der Waals surface area contributed by atoms with Crippen molar-refractivity contribution in [2.24, 2.45) is 0 Å². The van der Waals surface area contributed by atoms with E-state index in [0.717, 1.165) is 50.3 Å². The Hall–Kier alpha value is -2.54. The summed E-state index contributed by atoms with van der Waals surface area (Å²) in [6, 6.07) is 5.62. The zero-order valence-electron chi connectivity index (χ0n) is 15.4. The van der Waals surface area contributed by atoms with Gasteiger partial charge in [0.25, 0.3) is 0 Å². The molecule has 2 fully saturated rings. The Morgan fingerprint density at radius 3 is 2.44 bits per heavy atom. The monoisotopic (exact) mass is 371 g/mol. The third kappa shape index (κ3) is 4.24. The summed E-state index contributed by atoms with van der Waals surface area (Å²) in [5.74, 6) is 1.66. The van der Waals surface area contributed by atoms with E-state index in [9.17, 15) is 9.59 Å². The summed E-state index contributed by atoms with van der Waals surface area (Å²) in [5.41, 5.74) is 0.905. The van der Waals surface area contributed by atoms with Gasteiger partial charge in [0.1, 0.15) is 0 Å². The third-order valence-electron chi connectivity index (χ3n) is 5.32. The van der Waals surface area contributed by atoms with E-state index in [-0.39, 0.29) is 18.6 Å². The number of likely N-dealkylation sites (tertiary alicyclic amines) is 1. The summed E-state index contributed by atoms with van der Waals surface area (Å²) in [6.07, 6.45) is 5.63. The number of piperazine rings is 1. The number of carbonyl (C=O) groups is 2. The van der Waals surface area contributed by atoms with Gasteiger partial charge in [-0.25, -0.2) is 0 Å². The van der Waals surface area contributed by atoms with Crippen LogP contribution in [0.1, 0.15) is 18.4 Å². The molecule has 0 radical (unpaired) electrons. The normalized spacial score (nSPS) is 19.9. The molecule has 1 aromatic rings. The molecule has 7 heteroatoms. The average molecular weight is 371 g/mol. The summed E-state index contributed by atoms with van der Waals surface area (Å²) >= 11 is 0. The number of carbonyl (C=O) groups excluding carboxylic acids is 2. The Labute approximate surface area is 159 Å². The van der Waals surface area contributed by atoms with Crippen molar-refractivity contribution in [1.82, 2.24) is 14.7 Å². The van der Waals surface area contributed by atoms with Crippen molar-refractivity contribution in [3.8, 4) is 11.5 Å². The number of fused-ring (bicyclic) bond motifs is 1. The highest BCUT2D eigenvalue weighted by Crippen LogP contribution is 2.32. The summed E-state index contributed by atoms with van der Waals surface area (Å²) < 4.78 is 10.6. The van der Waals surface area contributed by atoms with E-state index in [1.165, 1.54) is 0 Å². The lowest BCUT2D eigenvalue weighted by Crippen LogP contribution is -2.51. The Balaban J connectivity index is 1.25.